The second-order valence-electron chi connectivity index (χ2n) is 2.53. The van der Waals surface area contributed by atoms with Crippen LogP contribution in [0, 0.1) is 0 Å². The van der Waals surface area contributed by atoms with Crippen molar-refractivity contribution in [2.75, 3.05) is 6.61 Å². The first-order valence-electron chi connectivity index (χ1n) is 4.36. The molecule has 74 valence electrons. The van der Waals surface area contributed by atoms with Gasteiger partial charge in [-0.1, -0.05) is 18.2 Å². The average Bonchev–Trinajstić information content (AvgIpc) is 2.65. The summed E-state index contributed by atoms with van der Waals surface area (Å²) in [4.78, 5) is 10.9. The van der Waals surface area contributed by atoms with E-state index in [2.05, 4.69) is 0 Å². The molecule has 1 rings (SSSR count). The second-order valence-corrected chi connectivity index (χ2v) is 3.31. The van der Waals surface area contributed by atoms with Crippen LogP contribution < -0.4 is 0 Å². The van der Waals surface area contributed by atoms with Crippen molar-refractivity contribution in [3.8, 4) is 0 Å². The van der Waals surface area contributed by atoms with Gasteiger partial charge in [0.2, 0.25) is 0 Å². The van der Waals surface area contributed by atoms with E-state index in [1.54, 1.807) is 24.3 Å². The molecule has 0 fully saturated rings. The number of esters is 1. The quantitative estimate of drug-likeness (QED) is 0.432. The molecule has 0 saturated heterocycles. The van der Waals surface area contributed by atoms with Crippen LogP contribution in [0.5, 0.6) is 0 Å². The van der Waals surface area contributed by atoms with E-state index in [0.29, 0.717) is 6.61 Å². The lowest BCUT2D eigenvalue weighted by Gasteiger charge is -1.92. The first-order chi connectivity index (χ1) is 6.83. The van der Waals surface area contributed by atoms with Gasteiger partial charge < -0.3 is 4.74 Å². The van der Waals surface area contributed by atoms with Crippen molar-refractivity contribution in [2.24, 2.45) is 0 Å². The summed E-state index contributed by atoms with van der Waals surface area (Å²) >= 11 is 1.65. The molecule has 0 aliphatic carbocycles. The van der Waals surface area contributed by atoms with E-state index >= 15 is 0 Å². The molecule has 0 aromatic carbocycles. The van der Waals surface area contributed by atoms with E-state index in [0.717, 1.165) is 5.56 Å². The topological polar surface area (TPSA) is 26.3 Å². The molecule has 0 aliphatic rings. The molecule has 0 radical (unpaired) electrons. The maximum atomic E-state index is 10.9. The Hall–Kier alpha value is -1.35. The SMILES string of the molecule is CCOC(=O)C=CC=Cc1ccsc1. The van der Waals surface area contributed by atoms with Crippen LogP contribution in [0.1, 0.15) is 12.5 Å². The van der Waals surface area contributed by atoms with Gasteiger partial charge in [0.05, 0.1) is 6.61 Å². The van der Waals surface area contributed by atoms with Gasteiger partial charge in [0.15, 0.2) is 0 Å². The third-order valence-corrected chi connectivity index (χ3v) is 2.16. The number of carbonyl (C=O) groups is 1. The third-order valence-electron chi connectivity index (χ3n) is 1.46. The highest BCUT2D eigenvalue weighted by Crippen LogP contribution is 2.07. The average molecular weight is 208 g/mol. The number of carbonyl (C=O) groups excluding carboxylic acids is 1. The fraction of sp³-hybridized carbons (Fsp3) is 0.182. The van der Waals surface area contributed by atoms with Gasteiger partial charge in [-0.2, -0.15) is 11.3 Å². The molecule has 0 unspecified atom stereocenters. The molecule has 3 heteroatoms. The van der Waals surface area contributed by atoms with Gasteiger partial charge in [-0.15, -0.1) is 0 Å². The van der Waals surface area contributed by atoms with Crippen LogP contribution in [0.4, 0.5) is 0 Å². The van der Waals surface area contributed by atoms with Gasteiger partial charge in [0.25, 0.3) is 0 Å². The Kier molecular flexibility index (Phi) is 4.72. The molecule has 1 aromatic heterocycles. The van der Waals surface area contributed by atoms with Crippen molar-refractivity contribution in [1.82, 2.24) is 0 Å². The number of rotatable bonds is 4. The Labute approximate surface area is 87.5 Å². The maximum absolute atomic E-state index is 10.9. The zero-order chi connectivity index (χ0) is 10.2. The lowest BCUT2D eigenvalue weighted by Crippen LogP contribution is -1.98. The Bertz CT molecular complexity index is 323. The number of allylic oxidation sites excluding steroid dienone is 2. The summed E-state index contributed by atoms with van der Waals surface area (Å²) in [7, 11) is 0. The Morgan fingerprint density at radius 3 is 3.07 bits per heavy atom. The highest BCUT2D eigenvalue weighted by Gasteiger charge is 1.90. The fourth-order valence-corrected chi connectivity index (χ4v) is 1.49. The minimum Gasteiger partial charge on any atom is -0.463 e. The molecule has 0 amide bonds. The van der Waals surface area contributed by atoms with Gasteiger partial charge >= 0.3 is 5.97 Å². The fourth-order valence-electron chi connectivity index (χ4n) is 0.861. The van der Waals surface area contributed by atoms with Crippen molar-refractivity contribution in [3.05, 3.63) is 40.6 Å². The van der Waals surface area contributed by atoms with Crippen LogP contribution >= 0.6 is 11.3 Å². The van der Waals surface area contributed by atoms with Crippen LogP contribution in [0.3, 0.4) is 0 Å². The molecule has 0 saturated carbocycles. The summed E-state index contributed by atoms with van der Waals surface area (Å²) in [6, 6.07) is 2.01. The van der Waals surface area contributed by atoms with Crippen LogP contribution in [-0.2, 0) is 9.53 Å². The van der Waals surface area contributed by atoms with E-state index in [9.17, 15) is 4.79 Å². The Morgan fingerprint density at radius 1 is 1.57 bits per heavy atom. The zero-order valence-electron chi connectivity index (χ0n) is 7.97. The predicted molar refractivity (Wildman–Crippen MR) is 59.1 cm³/mol. The van der Waals surface area contributed by atoms with E-state index in [1.165, 1.54) is 6.08 Å². The number of ether oxygens (including phenoxy) is 1. The summed E-state index contributed by atoms with van der Waals surface area (Å²) in [5.74, 6) is -0.303. The summed E-state index contributed by atoms with van der Waals surface area (Å²) in [6.07, 6.45) is 6.84. The van der Waals surface area contributed by atoms with E-state index in [-0.39, 0.29) is 5.97 Å². The molecule has 2 nitrogen and oxygen atoms in total. The smallest absolute Gasteiger partial charge is 0.330 e. The summed E-state index contributed by atoms with van der Waals surface area (Å²) in [5.41, 5.74) is 1.14. The molecule has 0 spiro atoms. The normalized spacial score (nSPS) is 11.2. The van der Waals surface area contributed by atoms with Crippen molar-refractivity contribution in [1.29, 1.82) is 0 Å². The molecular weight excluding hydrogens is 196 g/mol. The number of thiophene rings is 1. The minimum absolute atomic E-state index is 0.303. The summed E-state index contributed by atoms with van der Waals surface area (Å²) in [5, 5.41) is 4.05. The van der Waals surface area contributed by atoms with E-state index < -0.39 is 0 Å². The zero-order valence-corrected chi connectivity index (χ0v) is 8.79. The van der Waals surface area contributed by atoms with Gasteiger partial charge in [-0.05, 0) is 29.3 Å². The van der Waals surface area contributed by atoms with Gasteiger partial charge in [-0.25, -0.2) is 4.79 Å². The number of hydrogen-bond donors (Lipinski definition) is 0. The summed E-state index contributed by atoms with van der Waals surface area (Å²) in [6.45, 7) is 2.20. The van der Waals surface area contributed by atoms with Gasteiger partial charge in [-0.3, -0.25) is 0 Å². The lowest BCUT2D eigenvalue weighted by molar-refractivity contribution is -0.137. The molecule has 0 aliphatic heterocycles. The molecule has 14 heavy (non-hydrogen) atoms. The monoisotopic (exact) mass is 208 g/mol. The van der Waals surface area contributed by atoms with Gasteiger partial charge in [0, 0.05) is 6.08 Å². The van der Waals surface area contributed by atoms with Crippen LogP contribution in [-0.4, -0.2) is 12.6 Å². The van der Waals surface area contributed by atoms with Crippen LogP contribution in [0.25, 0.3) is 6.08 Å². The molecule has 0 N–H and O–H groups in total. The first-order valence-corrected chi connectivity index (χ1v) is 5.31. The minimum atomic E-state index is -0.303. The van der Waals surface area contributed by atoms with Crippen LogP contribution in [0.2, 0.25) is 0 Å². The highest BCUT2D eigenvalue weighted by atomic mass is 32.1. The van der Waals surface area contributed by atoms with Gasteiger partial charge in [0.1, 0.15) is 0 Å². The second kappa shape index (κ2) is 6.16. The van der Waals surface area contributed by atoms with E-state index in [1.807, 2.05) is 29.0 Å². The largest absolute Gasteiger partial charge is 0.463 e. The molecular formula is C11H12O2S. The van der Waals surface area contributed by atoms with E-state index in [4.69, 9.17) is 4.74 Å². The Morgan fingerprint density at radius 2 is 2.43 bits per heavy atom. The summed E-state index contributed by atoms with van der Waals surface area (Å²) < 4.78 is 4.72. The van der Waals surface area contributed by atoms with Crippen molar-refractivity contribution < 1.29 is 9.53 Å². The number of hydrogen-bond acceptors (Lipinski definition) is 3. The Balaban J connectivity index is 2.36. The molecule has 0 bridgehead atoms. The third kappa shape index (κ3) is 4.05. The molecule has 1 aromatic rings. The van der Waals surface area contributed by atoms with Crippen molar-refractivity contribution in [3.63, 3.8) is 0 Å². The first kappa shape index (κ1) is 10.7. The standard InChI is InChI=1S/C11H12O2S/c1-2-13-11(12)6-4-3-5-10-7-8-14-9-10/h3-9H,2H2,1H3. The molecule has 0 atom stereocenters. The lowest BCUT2D eigenvalue weighted by atomic mass is 10.3. The van der Waals surface area contributed by atoms with Crippen molar-refractivity contribution in [2.45, 2.75) is 6.92 Å². The molecule has 1 heterocycles. The van der Waals surface area contributed by atoms with Crippen molar-refractivity contribution >= 4 is 23.4 Å². The maximum Gasteiger partial charge on any atom is 0.330 e. The highest BCUT2D eigenvalue weighted by molar-refractivity contribution is 7.08. The predicted octanol–water partition coefficient (Wildman–Crippen LogP) is 2.88. The van der Waals surface area contributed by atoms with Crippen LogP contribution in [0.15, 0.2) is 35.1 Å².